The monoisotopic (exact) mass is 452 g/mol. The smallest absolute Gasteiger partial charge is 0.237 e. The second-order valence-corrected chi connectivity index (χ2v) is 10.1. The summed E-state index contributed by atoms with van der Waals surface area (Å²) in [5.41, 5.74) is -0.709. The number of alkyl halides is 1. The Morgan fingerprint density at radius 3 is 2.59 bits per heavy atom. The van der Waals surface area contributed by atoms with Crippen LogP contribution in [0.3, 0.4) is 0 Å². The summed E-state index contributed by atoms with van der Waals surface area (Å²) >= 11 is 7.58. The highest BCUT2D eigenvalue weighted by Crippen LogP contribution is 2.31. The maximum atomic E-state index is 13.0. The number of nitrogens with one attached hydrogen (secondary N) is 2. The van der Waals surface area contributed by atoms with Crippen molar-refractivity contribution in [1.29, 1.82) is 0 Å². The van der Waals surface area contributed by atoms with Gasteiger partial charge < -0.3 is 30.7 Å². The highest BCUT2D eigenvalue weighted by atomic mass is 35.5. The lowest BCUT2D eigenvalue weighted by atomic mass is 9.84. The number of amides is 1. The first kappa shape index (κ1) is 25.2. The molecule has 29 heavy (non-hydrogen) atoms. The maximum Gasteiger partial charge on any atom is 0.237 e. The zero-order valence-electron chi connectivity index (χ0n) is 17.8. The van der Waals surface area contributed by atoms with Gasteiger partial charge in [-0.3, -0.25) is 4.79 Å². The van der Waals surface area contributed by atoms with Crippen LogP contribution in [0.25, 0.3) is 0 Å². The van der Waals surface area contributed by atoms with Crippen molar-refractivity contribution in [3.63, 3.8) is 0 Å². The molecule has 2 heterocycles. The van der Waals surface area contributed by atoms with E-state index in [1.54, 1.807) is 13.2 Å². The molecule has 2 aliphatic heterocycles. The molecule has 5 N–H and O–H groups in total. The molecule has 0 aromatic carbocycles. The fourth-order valence-corrected chi connectivity index (χ4v) is 5.35. The molecule has 0 aromatic rings. The molecular weight excluding hydrogens is 416 g/mol. The zero-order chi connectivity index (χ0) is 21.7. The molecule has 5 unspecified atom stereocenters. The molecule has 2 aliphatic rings. The molecule has 0 bridgehead atoms. The first-order valence-corrected chi connectivity index (χ1v) is 12.3. The first-order valence-electron chi connectivity index (χ1n) is 10.6. The third-order valence-corrected chi connectivity index (χ3v) is 7.42. The molecule has 1 amide bonds. The Morgan fingerprint density at radius 1 is 1.31 bits per heavy atom. The average molecular weight is 453 g/mol. The summed E-state index contributed by atoms with van der Waals surface area (Å²) in [6.45, 7) is 6.89. The second kappa shape index (κ2) is 11.5. The van der Waals surface area contributed by atoms with Crippen LogP contribution in [0.4, 0.5) is 0 Å². The lowest BCUT2D eigenvalue weighted by Crippen LogP contribution is -2.65. The van der Waals surface area contributed by atoms with Crippen LogP contribution in [0.15, 0.2) is 0 Å². The quantitative estimate of drug-likeness (QED) is 0.367. The maximum absolute atomic E-state index is 13.0. The van der Waals surface area contributed by atoms with E-state index in [9.17, 15) is 20.1 Å². The van der Waals surface area contributed by atoms with Crippen LogP contribution in [-0.2, 0) is 9.53 Å². The van der Waals surface area contributed by atoms with Crippen molar-refractivity contribution in [3.05, 3.63) is 0 Å². The average Bonchev–Trinajstić information content (AvgIpc) is 2.87. The van der Waals surface area contributed by atoms with Gasteiger partial charge in [-0.2, -0.15) is 0 Å². The Kier molecular flexibility index (Phi) is 9.99. The number of halogens is 1. The van der Waals surface area contributed by atoms with E-state index >= 15 is 0 Å². The molecule has 7 nitrogen and oxygen atoms in total. The van der Waals surface area contributed by atoms with Crippen LogP contribution in [0, 0.1) is 11.8 Å². The number of hydrogen-bond donors (Lipinski definition) is 5. The number of thioether (sulfide) groups is 1. The van der Waals surface area contributed by atoms with Gasteiger partial charge in [-0.25, -0.2) is 0 Å². The fourth-order valence-electron chi connectivity index (χ4n) is 4.46. The fraction of sp³-hybridized carbons (Fsp3) is 0.950. The molecule has 9 heteroatoms. The van der Waals surface area contributed by atoms with Crippen molar-refractivity contribution >= 4 is 29.3 Å². The van der Waals surface area contributed by atoms with Crippen molar-refractivity contribution < 1.29 is 24.9 Å². The van der Waals surface area contributed by atoms with Gasteiger partial charge in [0.2, 0.25) is 5.91 Å². The number of aliphatic hydroxyl groups excluding tert-OH is 3. The summed E-state index contributed by atoms with van der Waals surface area (Å²) < 4.78 is 5.82. The molecule has 0 aromatic heterocycles. The van der Waals surface area contributed by atoms with Crippen molar-refractivity contribution in [2.24, 2.45) is 11.8 Å². The Hall–Kier alpha value is -0.0900. The molecule has 170 valence electrons. The summed E-state index contributed by atoms with van der Waals surface area (Å²) in [6, 6.07) is -1.04. The molecule has 0 saturated carbocycles. The molecule has 2 rings (SSSR count). The van der Waals surface area contributed by atoms with Gasteiger partial charge in [-0.05, 0) is 44.4 Å². The lowest BCUT2D eigenvalue weighted by molar-refractivity contribution is -0.205. The predicted molar refractivity (Wildman–Crippen MR) is 116 cm³/mol. The minimum Gasteiger partial charge on any atom is -0.388 e. The molecule has 10 atom stereocenters. The van der Waals surface area contributed by atoms with Crippen LogP contribution in [0.5, 0.6) is 0 Å². The number of carbonyl (C=O) groups excluding carboxylic acids is 1. The largest absolute Gasteiger partial charge is 0.388 e. The van der Waals surface area contributed by atoms with Crippen molar-refractivity contribution in [2.75, 3.05) is 12.8 Å². The lowest BCUT2D eigenvalue weighted by Gasteiger charge is -2.44. The third kappa shape index (κ3) is 6.21. The standard InChI is InChI=1S/C20H37ClN2O5S/c1-5-6-12-7-8-22-13(9-10(12)2)19(27)23-14(11(3)21)18-16(25)15(24)17(26)20(28-18)29-4/h10-18,20,22,24-26H,5-9H2,1-4H3,(H,23,27)/t10?,11?,12?,13?,14?,15-,16+,17+,18+,20+/m0/s1. The van der Waals surface area contributed by atoms with E-state index in [-0.39, 0.29) is 11.9 Å². The highest BCUT2D eigenvalue weighted by molar-refractivity contribution is 7.99. The normalized spacial score (nSPS) is 40.7. The van der Waals surface area contributed by atoms with E-state index in [2.05, 4.69) is 24.5 Å². The number of ether oxygens (including phenoxy) is 1. The summed E-state index contributed by atoms with van der Waals surface area (Å²) in [5, 5.41) is 36.5. The van der Waals surface area contributed by atoms with Gasteiger partial charge in [0.25, 0.3) is 0 Å². The second-order valence-electron chi connectivity index (χ2n) is 8.45. The summed E-state index contributed by atoms with van der Waals surface area (Å²) in [4.78, 5) is 13.0. The Morgan fingerprint density at radius 2 is 2.00 bits per heavy atom. The number of aliphatic hydroxyl groups is 3. The molecule has 0 spiro atoms. The Bertz CT molecular complexity index is 527. The minimum absolute atomic E-state index is 0.177. The number of carbonyl (C=O) groups is 1. The summed E-state index contributed by atoms with van der Waals surface area (Å²) in [7, 11) is 0. The van der Waals surface area contributed by atoms with E-state index in [0.29, 0.717) is 11.8 Å². The van der Waals surface area contributed by atoms with Crippen LogP contribution in [0.1, 0.15) is 46.5 Å². The van der Waals surface area contributed by atoms with Crippen LogP contribution < -0.4 is 10.6 Å². The molecule has 2 fully saturated rings. The third-order valence-electron chi connectivity index (χ3n) is 6.29. The van der Waals surface area contributed by atoms with Crippen molar-refractivity contribution in [1.82, 2.24) is 10.6 Å². The van der Waals surface area contributed by atoms with Gasteiger partial charge in [0.05, 0.1) is 17.5 Å². The van der Waals surface area contributed by atoms with E-state index in [1.165, 1.54) is 11.8 Å². The SMILES string of the molecule is CCCC1CCNC(C(=O)NC(C(C)Cl)[C@H]2O[C@H](SC)[C@H](O)[C@@H](O)[C@H]2O)CC1C. The van der Waals surface area contributed by atoms with Crippen LogP contribution in [0.2, 0.25) is 0 Å². The van der Waals surface area contributed by atoms with Gasteiger partial charge in [0, 0.05) is 0 Å². The molecule has 0 aliphatic carbocycles. The van der Waals surface area contributed by atoms with Gasteiger partial charge in [-0.15, -0.1) is 23.4 Å². The highest BCUT2D eigenvalue weighted by Gasteiger charge is 2.48. The molecular formula is C20H37ClN2O5S. The van der Waals surface area contributed by atoms with E-state index < -0.39 is 41.3 Å². The zero-order valence-corrected chi connectivity index (χ0v) is 19.3. The molecule has 0 radical (unpaired) electrons. The van der Waals surface area contributed by atoms with Gasteiger partial charge in [0.15, 0.2) is 0 Å². The predicted octanol–water partition coefficient (Wildman–Crippen LogP) is 1.07. The number of hydrogen-bond acceptors (Lipinski definition) is 7. The van der Waals surface area contributed by atoms with Gasteiger partial charge in [-0.1, -0.05) is 26.7 Å². The minimum atomic E-state index is -1.37. The van der Waals surface area contributed by atoms with E-state index in [1.807, 2.05) is 0 Å². The summed E-state index contributed by atoms with van der Waals surface area (Å²) in [6.07, 6.45) is 0.992. The topological polar surface area (TPSA) is 111 Å². The van der Waals surface area contributed by atoms with Crippen LogP contribution >= 0.6 is 23.4 Å². The summed E-state index contributed by atoms with van der Waals surface area (Å²) in [5.74, 6) is 0.862. The molecule has 2 saturated heterocycles. The Balaban J connectivity index is 2.08. The van der Waals surface area contributed by atoms with Gasteiger partial charge in [0.1, 0.15) is 29.9 Å². The Labute approximate surface area is 183 Å². The first-order chi connectivity index (χ1) is 13.7. The van der Waals surface area contributed by atoms with Crippen molar-refractivity contribution in [2.45, 2.75) is 93.8 Å². The van der Waals surface area contributed by atoms with E-state index in [0.717, 1.165) is 32.2 Å². The van der Waals surface area contributed by atoms with E-state index in [4.69, 9.17) is 16.3 Å². The van der Waals surface area contributed by atoms with Crippen LogP contribution in [-0.4, -0.2) is 81.3 Å². The van der Waals surface area contributed by atoms with Gasteiger partial charge >= 0.3 is 0 Å². The number of rotatable bonds is 7. The van der Waals surface area contributed by atoms with Crippen molar-refractivity contribution in [3.8, 4) is 0 Å².